The van der Waals surface area contributed by atoms with Crippen molar-refractivity contribution in [2.45, 2.75) is 12.8 Å². The van der Waals surface area contributed by atoms with Crippen molar-refractivity contribution in [1.29, 1.82) is 0 Å². The van der Waals surface area contributed by atoms with Crippen molar-refractivity contribution in [1.82, 2.24) is 5.06 Å². The van der Waals surface area contributed by atoms with Gasteiger partial charge < -0.3 is 0 Å². The summed E-state index contributed by atoms with van der Waals surface area (Å²) in [6.07, 6.45) is 0.296. The fourth-order valence-electron chi connectivity index (χ4n) is 0.565. The molecule has 1 fully saturated rings. The first kappa shape index (κ1) is 8.90. The fourth-order valence-corrected chi connectivity index (χ4v) is 0.565. The summed E-state index contributed by atoms with van der Waals surface area (Å²) < 4.78 is 0. The molecule has 9 heavy (non-hydrogen) atoms. The van der Waals surface area contributed by atoms with Crippen molar-refractivity contribution in [3.63, 3.8) is 0 Å². The van der Waals surface area contributed by atoms with Gasteiger partial charge in [0.1, 0.15) is 0 Å². The van der Waals surface area contributed by atoms with Crippen LogP contribution < -0.4 is 0 Å². The zero-order valence-electron chi connectivity index (χ0n) is 4.63. The van der Waals surface area contributed by atoms with Gasteiger partial charge in [-0.2, -0.15) is 5.06 Å². The molecule has 1 saturated heterocycles. The fraction of sp³-hybridized carbons (Fsp3) is 0.500. The normalized spacial score (nSPS) is 18.1. The summed E-state index contributed by atoms with van der Waals surface area (Å²) >= 11 is 0. The summed E-state index contributed by atoms with van der Waals surface area (Å²) in [7, 11) is 0. The molecule has 0 saturated carbocycles. The van der Waals surface area contributed by atoms with Crippen molar-refractivity contribution in [2.24, 2.45) is 0 Å². The van der Waals surface area contributed by atoms with Gasteiger partial charge in [0.25, 0.3) is 11.8 Å². The molecule has 48 valence electrons. The van der Waals surface area contributed by atoms with Crippen molar-refractivity contribution in [3.8, 4) is 0 Å². The van der Waals surface area contributed by atoms with E-state index in [-0.39, 0.29) is 41.8 Å². The van der Waals surface area contributed by atoms with Gasteiger partial charge in [0.2, 0.25) is 0 Å². The van der Waals surface area contributed by atoms with Crippen molar-refractivity contribution < 1.29 is 14.8 Å². The first-order valence-electron chi connectivity index (χ1n) is 2.26. The maximum Gasteiger partial charge on any atom is 0.253 e. The van der Waals surface area contributed by atoms with E-state index in [2.05, 4.69) is 0 Å². The number of carbonyl (C=O) groups is 2. The van der Waals surface area contributed by atoms with Gasteiger partial charge in [0.05, 0.1) is 0 Å². The molecule has 1 aliphatic heterocycles. The van der Waals surface area contributed by atoms with Gasteiger partial charge in [-0.25, -0.2) is 0 Å². The molecule has 5 heteroatoms. The van der Waals surface area contributed by atoms with Crippen LogP contribution in [0.4, 0.5) is 0 Å². The number of hydrogen-bond acceptors (Lipinski definition) is 3. The van der Waals surface area contributed by atoms with Gasteiger partial charge in [-0.3, -0.25) is 14.8 Å². The zero-order chi connectivity index (χ0) is 6.15. The SMILES string of the molecule is O=C1CCC(=O)N1O.[Sn]. The third-order valence-electron chi connectivity index (χ3n) is 1.03. The molecule has 0 aromatic rings. The molecule has 1 aliphatic rings. The molecular weight excluding hydrogens is 229 g/mol. The van der Waals surface area contributed by atoms with Crippen molar-refractivity contribution >= 4 is 35.7 Å². The summed E-state index contributed by atoms with van der Waals surface area (Å²) in [6, 6.07) is 0. The molecule has 0 spiro atoms. The van der Waals surface area contributed by atoms with Gasteiger partial charge in [0, 0.05) is 36.7 Å². The maximum atomic E-state index is 10.2. The Labute approximate surface area is 68.7 Å². The van der Waals surface area contributed by atoms with Crippen LogP contribution in [0.25, 0.3) is 0 Å². The van der Waals surface area contributed by atoms with E-state index >= 15 is 0 Å². The van der Waals surface area contributed by atoms with Crippen LogP contribution in [0, 0.1) is 0 Å². The minimum absolute atomic E-state index is 0. The quantitative estimate of drug-likeness (QED) is 0.337. The molecule has 0 bridgehead atoms. The molecule has 2 amide bonds. The third-order valence-corrected chi connectivity index (χ3v) is 1.03. The molecule has 1 rings (SSSR count). The second kappa shape index (κ2) is 3.16. The average Bonchev–Trinajstić information content (AvgIpc) is 1.98. The van der Waals surface area contributed by atoms with E-state index in [1.807, 2.05) is 0 Å². The predicted molar refractivity (Wildman–Crippen MR) is 28.6 cm³/mol. The Morgan fingerprint density at radius 2 is 1.56 bits per heavy atom. The molecule has 0 aliphatic carbocycles. The van der Waals surface area contributed by atoms with Crippen LogP contribution in [0.1, 0.15) is 12.8 Å². The monoisotopic (exact) mass is 235 g/mol. The largest absolute Gasteiger partial charge is 0.279 e. The van der Waals surface area contributed by atoms with Crippen LogP contribution in [0.5, 0.6) is 0 Å². The first-order chi connectivity index (χ1) is 3.72. The Hall–Kier alpha value is -0.101. The summed E-state index contributed by atoms with van der Waals surface area (Å²) in [5.41, 5.74) is 0. The number of hydroxylamine groups is 2. The van der Waals surface area contributed by atoms with E-state index in [0.717, 1.165) is 0 Å². The number of carbonyl (C=O) groups excluding carboxylic acids is 2. The van der Waals surface area contributed by atoms with Crippen LogP contribution in [0.15, 0.2) is 0 Å². The van der Waals surface area contributed by atoms with Crippen LogP contribution in [0.3, 0.4) is 0 Å². The summed E-state index contributed by atoms with van der Waals surface area (Å²) in [6.45, 7) is 0. The van der Waals surface area contributed by atoms with Crippen LogP contribution in [-0.4, -0.2) is 46.0 Å². The second-order valence-corrected chi connectivity index (χ2v) is 1.60. The standard InChI is InChI=1S/C4H5NO3.Sn/c6-3-1-2-4(7)5(3)8;/h8H,1-2H2;. The Morgan fingerprint density at radius 1 is 1.22 bits per heavy atom. The van der Waals surface area contributed by atoms with Gasteiger partial charge >= 0.3 is 0 Å². The minimum Gasteiger partial charge on any atom is -0.279 e. The number of rotatable bonds is 0. The molecule has 1 N–H and O–H groups in total. The average molecular weight is 234 g/mol. The van der Waals surface area contributed by atoms with Crippen LogP contribution in [0.2, 0.25) is 0 Å². The van der Waals surface area contributed by atoms with Crippen molar-refractivity contribution in [3.05, 3.63) is 0 Å². The van der Waals surface area contributed by atoms with E-state index in [0.29, 0.717) is 0 Å². The van der Waals surface area contributed by atoms with E-state index in [1.165, 1.54) is 0 Å². The Kier molecular flexibility index (Phi) is 3.13. The summed E-state index contributed by atoms with van der Waals surface area (Å²) in [5, 5.41) is 8.57. The van der Waals surface area contributed by atoms with Gasteiger partial charge in [-0.05, 0) is 0 Å². The zero-order valence-corrected chi connectivity index (χ0v) is 7.48. The minimum atomic E-state index is -0.505. The molecule has 4 radical (unpaired) electrons. The molecule has 0 aromatic heterocycles. The molecular formula is C4H5NO3Sn. The van der Waals surface area contributed by atoms with Gasteiger partial charge in [-0.15, -0.1) is 0 Å². The molecule has 0 unspecified atom stereocenters. The van der Waals surface area contributed by atoms with E-state index in [9.17, 15) is 9.59 Å². The summed E-state index contributed by atoms with van der Waals surface area (Å²) in [4.78, 5) is 20.5. The van der Waals surface area contributed by atoms with Gasteiger partial charge in [-0.1, -0.05) is 0 Å². The Morgan fingerprint density at radius 3 is 1.67 bits per heavy atom. The van der Waals surface area contributed by atoms with Crippen LogP contribution in [-0.2, 0) is 9.59 Å². The maximum absolute atomic E-state index is 10.2. The van der Waals surface area contributed by atoms with E-state index < -0.39 is 11.8 Å². The van der Waals surface area contributed by atoms with E-state index in [4.69, 9.17) is 5.21 Å². The Balaban J connectivity index is 0.000000640. The number of imide groups is 1. The smallest absolute Gasteiger partial charge is 0.253 e. The Bertz CT molecular complexity index is 131. The number of nitrogens with zero attached hydrogens (tertiary/aromatic N) is 1. The first-order valence-corrected chi connectivity index (χ1v) is 2.26. The second-order valence-electron chi connectivity index (χ2n) is 1.60. The van der Waals surface area contributed by atoms with Crippen molar-refractivity contribution in [2.75, 3.05) is 0 Å². The summed E-state index contributed by atoms with van der Waals surface area (Å²) in [5.74, 6) is -1.01. The molecule has 4 nitrogen and oxygen atoms in total. The van der Waals surface area contributed by atoms with Crippen LogP contribution >= 0.6 is 0 Å². The number of amides is 2. The third kappa shape index (κ3) is 1.65. The molecule has 0 aromatic carbocycles. The molecule has 1 heterocycles. The molecule has 0 atom stereocenters. The van der Waals surface area contributed by atoms with Gasteiger partial charge in [0.15, 0.2) is 0 Å². The number of hydrogen-bond donors (Lipinski definition) is 1. The van der Waals surface area contributed by atoms with E-state index in [1.54, 1.807) is 0 Å². The predicted octanol–water partition coefficient (Wildman–Crippen LogP) is -0.856. The topological polar surface area (TPSA) is 57.6 Å².